The molecule has 0 aromatic carbocycles. The topological polar surface area (TPSA) is 12.0 Å². The third-order valence-electron chi connectivity index (χ3n) is 5.22. The summed E-state index contributed by atoms with van der Waals surface area (Å²) in [6.07, 6.45) is 18.2. The van der Waals surface area contributed by atoms with Crippen LogP contribution in [-0.2, 0) is 0 Å². The molecule has 1 N–H and O–H groups in total. The van der Waals surface area contributed by atoms with Gasteiger partial charge in [0.2, 0.25) is 0 Å². The molecule has 0 spiro atoms. The van der Waals surface area contributed by atoms with Crippen molar-refractivity contribution in [2.75, 3.05) is 23.8 Å². The molecule has 1 atom stereocenters. The molecule has 0 rings (SSSR count). The van der Waals surface area contributed by atoms with Crippen LogP contribution in [0.1, 0.15) is 118 Å². The Morgan fingerprint density at radius 2 is 1.22 bits per heavy atom. The SMILES string of the molecule is CCCCCCCCSCC(C)(C)NCC(CC)SCCCCCCCC. The van der Waals surface area contributed by atoms with Gasteiger partial charge in [-0.3, -0.25) is 0 Å². The zero-order chi connectivity index (χ0) is 20.2. The Morgan fingerprint density at radius 3 is 1.78 bits per heavy atom. The minimum absolute atomic E-state index is 0.265. The summed E-state index contributed by atoms with van der Waals surface area (Å²) in [5, 5.41) is 4.64. The largest absolute Gasteiger partial charge is 0.310 e. The van der Waals surface area contributed by atoms with Gasteiger partial charge in [-0.05, 0) is 44.6 Å². The maximum absolute atomic E-state index is 3.86. The summed E-state index contributed by atoms with van der Waals surface area (Å²) in [7, 11) is 0. The van der Waals surface area contributed by atoms with Gasteiger partial charge in [-0.25, -0.2) is 0 Å². The molecule has 1 unspecified atom stereocenters. The van der Waals surface area contributed by atoms with E-state index in [0.717, 1.165) is 5.25 Å². The van der Waals surface area contributed by atoms with E-state index >= 15 is 0 Å². The average Bonchev–Trinajstić information content (AvgIpc) is 2.65. The van der Waals surface area contributed by atoms with Crippen LogP contribution < -0.4 is 5.32 Å². The summed E-state index contributed by atoms with van der Waals surface area (Å²) >= 11 is 4.34. The van der Waals surface area contributed by atoms with Crippen molar-refractivity contribution in [3.63, 3.8) is 0 Å². The predicted octanol–water partition coefficient (Wildman–Crippen LogP) is 8.32. The number of hydrogen-bond acceptors (Lipinski definition) is 3. The van der Waals surface area contributed by atoms with Gasteiger partial charge in [0, 0.05) is 23.1 Å². The molecule has 3 heteroatoms. The Balaban J connectivity index is 3.66. The van der Waals surface area contributed by atoms with Crippen molar-refractivity contribution in [3.05, 3.63) is 0 Å². The van der Waals surface area contributed by atoms with Gasteiger partial charge in [-0.15, -0.1) is 0 Å². The van der Waals surface area contributed by atoms with Crippen molar-refractivity contribution < 1.29 is 0 Å². The van der Waals surface area contributed by atoms with Crippen LogP contribution in [0.5, 0.6) is 0 Å². The molecule has 0 amide bonds. The van der Waals surface area contributed by atoms with E-state index in [4.69, 9.17) is 0 Å². The zero-order valence-electron chi connectivity index (χ0n) is 19.4. The van der Waals surface area contributed by atoms with Crippen LogP contribution in [0.2, 0.25) is 0 Å². The lowest BCUT2D eigenvalue weighted by Crippen LogP contribution is -2.44. The number of nitrogens with one attached hydrogen (secondary N) is 1. The normalized spacial score (nSPS) is 13.2. The number of hydrogen-bond donors (Lipinski definition) is 1. The van der Waals surface area contributed by atoms with Gasteiger partial charge < -0.3 is 5.32 Å². The minimum Gasteiger partial charge on any atom is -0.310 e. The number of rotatable bonds is 21. The molecule has 0 bridgehead atoms. The monoisotopic (exact) mass is 417 g/mol. The Kier molecular flexibility index (Phi) is 20.4. The molecule has 0 radical (unpaired) electrons. The van der Waals surface area contributed by atoms with E-state index < -0.39 is 0 Å². The van der Waals surface area contributed by atoms with Gasteiger partial charge in [-0.2, -0.15) is 23.5 Å². The first-order valence-corrected chi connectivity index (χ1v) is 14.2. The molecule has 0 aliphatic rings. The number of unbranched alkanes of at least 4 members (excludes halogenated alkanes) is 10. The molecule has 27 heavy (non-hydrogen) atoms. The molecule has 0 aromatic heterocycles. The van der Waals surface area contributed by atoms with Gasteiger partial charge in [0.15, 0.2) is 0 Å². The van der Waals surface area contributed by atoms with Gasteiger partial charge in [0.05, 0.1) is 0 Å². The Morgan fingerprint density at radius 1 is 0.704 bits per heavy atom. The molecule has 0 heterocycles. The predicted molar refractivity (Wildman–Crippen MR) is 133 cm³/mol. The molecule has 0 saturated heterocycles. The van der Waals surface area contributed by atoms with E-state index in [9.17, 15) is 0 Å². The molecule has 0 fully saturated rings. The molecule has 0 aromatic rings. The van der Waals surface area contributed by atoms with Crippen LogP contribution in [0.25, 0.3) is 0 Å². The smallest absolute Gasteiger partial charge is 0.0215 e. The van der Waals surface area contributed by atoms with Crippen LogP contribution in [0.3, 0.4) is 0 Å². The second kappa shape index (κ2) is 20.0. The summed E-state index contributed by atoms with van der Waals surface area (Å²) in [5.41, 5.74) is 0.265. The lowest BCUT2D eigenvalue weighted by atomic mass is 10.1. The van der Waals surface area contributed by atoms with Crippen LogP contribution in [0, 0.1) is 0 Å². The fourth-order valence-electron chi connectivity index (χ4n) is 3.21. The average molecular weight is 418 g/mol. The summed E-state index contributed by atoms with van der Waals surface area (Å²) in [4.78, 5) is 0. The van der Waals surface area contributed by atoms with Gasteiger partial charge in [0.25, 0.3) is 0 Å². The fraction of sp³-hybridized carbons (Fsp3) is 1.00. The summed E-state index contributed by atoms with van der Waals surface area (Å²) in [5.74, 6) is 3.92. The van der Waals surface area contributed by atoms with E-state index in [1.54, 1.807) is 0 Å². The summed E-state index contributed by atoms with van der Waals surface area (Å²) < 4.78 is 0. The van der Waals surface area contributed by atoms with E-state index in [0.29, 0.717) is 0 Å². The van der Waals surface area contributed by atoms with Crippen molar-refractivity contribution in [2.24, 2.45) is 0 Å². The molecule has 1 nitrogen and oxygen atoms in total. The second-order valence-corrected chi connectivity index (χ2v) is 11.3. The van der Waals surface area contributed by atoms with Crippen molar-refractivity contribution in [1.82, 2.24) is 5.32 Å². The first kappa shape index (κ1) is 27.7. The Labute approximate surface area is 181 Å². The highest BCUT2D eigenvalue weighted by Crippen LogP contribution is 2.20. The Hall–Kier alpha value is 0.660. The fourth-order valence-corrected chi connectivity index (χ4v) is 5.51. The molecule has 0 aliphatic carbocycles. The first-order valence-electron chi connectivity index (χ1n) is 12.0. The van der Waals surface area contributed by atoms with Crippen molar-refractivity contribution in [2.45, 2.75) is 129 Å². The quantitative estimate of drug-likeness (QED) is 0.188. The van der Waals surface area contributed by atoms with E-state index in [-0.39, 0.29) is 5.54 Å². The van der Waals surface area contributed by atoms with Gasteiger partial charge in [0.1, 0.15) is 0 Å². The molecular formula is C24H51NS2. The van der Waals surface area contributed by atoms with Gasteiger partial charge >= 0.3 is 0 Å². The maximum Gasteiger partial charge on any atom is 0.0215 e. The third kappa shape index (κ3) is 19.7. The van der Waals surface area contributed by atoms with Crippen LogP contribution in [0.15, 0.2) is 0 Å². The lowest BCUT2D eigenvalue weighted by Gasteiger charge is -2.28. The molecule has 164 valence electrons. The van der Waals surface area contributed by atoms with Crippen molar-refractivity contribution in [3.8, 4) is 0 Å². The van der Waals surface area contributed by atoms with E-state index in [1.807, 2.05) is 0 Å². The van der Waals surface area contributed by atoms with Crippen molar-refractivity contribution in [1.29, 1.82) is 0 Å². The molecular weight excluding hydrogens is 366 g/mol. The maximum atomic E-state index is 3.86. The van der Waals surface area contributed by atoms with E-state index in [2.05, 4.69) is 63.5 Å². The van der Waals surface area contributed by atoms with Crippen LogP contribution in [-0.4, -0.2) is 34.6 Å². The lowest BCUT2D eigenvalue weighted by molar-refractivity contribution is 0.431. The van der Waals surface area contributed by atoms with E-state index in [1.165, 1.54) is 107 Å². The molecule has 0 aliphatic heterocycles. The summed E-state index contributed by atoms with van der Waals surface area (Å²) in [6.45, 7) is 12.9. The Bertz CT molecular complexity index is 294. The first-order chi connectivity index (χ1) is 13.1. The van der Waals surface area contributed by atoms with Crippen LogP contribution in [0.4, 0.5) is 0 Å². The highest BCUT2D eigenvalue weighted by molar-refractivity contribution is 8.00. The third-order valence-corrected chi connectivity index (χ3v) is 8.22. The zero-order valence-corrected chi connectivity index (χ0v) is 21.0. The second-order valence-electron chi connectivity index (χ2n) is 8.75. The standard InChI is InChI=1S/C24H51NS2/c1-6-9-11-13-15-17-19-26-22-24(4,5)25-21-23(8-3)27-20-18-16-14-12-10-7-2/h23,25H,6-22H2,1-5H3. The van der Waals surface area contributed by atoms with Crippen LogP contribution >= 0.6 is 23.5 Å². The molecule has 0 saturated carbocycles. The highest BCUT2D eigenvalue weighted by atomic mass is 32.2. The number of thioether (sulfide) groups is 2. The summed E-state index contributed by atoms with van der Waals surface area (Å²) in [6, 6.07) is 0. The van der Waals surface area contributed by atoms with Crippen molar-refractivity contribution >= 4 is 23.5 Å². The highest BCUT2D eigenvalue weighted by Gasteiger charge is 2.18. The minimum atomic E-state index is 0.265. The van der Waals surface area contributed by atoms with Gasteiger partial charge in [-0.1, -0.05) is 85.0 Å².